The van der Waals surface area contributed by atoms with Crippen LogP contribution in [0.4, 0.5) is 0 Å². The molecule has 4 rings (SSSR count). The molecule has 2 saturated heterocycles. The number of rotatable bonds is 2. The molecule has 4 heteroatoms. The third-order valence-electron chi connectivity index (χ3n) is 4.26. The second-order valence-electron chi connectivity index (χ2n) is 5.52. The van der Waals surface area contributed by atoms with E-state index in [0.29, 0.717) is 10.0 Å². The first kappa shape index (κ1) is 11.8. The molecule has 0 unspecified atom stereocenters. The Bertz CT molecular complexity index is 455. The van der Waals surface area contributed by atoms with Crippen molar-refractivity contribution < 1.29 is 5.11 Å². The number of hydrogen-bond donors (Lipinski definition) is 2. The average molecular weight is 272 g/mol. The number of piperidine rings is 2. The van der Waals surface area contributed by atoms with E-state index in [9.17, 15) is 5.11 Å². The van der Waals surface area contributed by atoms with Crippen molar-refractivity contribution in [1.82, 2.24) is 5.32 Å². The normalized spacial score (nSPS) is 35.5. The van der Waals surface area contributed by atoms with Gasteiger partial charge in [-0.1, -0.05) is 29.3 Å². The van der Waals surface area contributed by atoms with Gasteiger partial charge in [0.25, 0.3) is 0 Å². The fraction of sp³-hybridized carbons (Fsp3) is 0.538. The molecule has 0 atom stereocenters. The van der Waals surface area contributed by atoms with Gasteiger partial charge in [-0.05, 0) is 30.5 Å². The Kier molecular flexibility index (Phi) is 2.67. The summed E-state index contributed by atoms with van der Waals surface area (Å²) < 4.78 is 0. The molecule has 1 aromatic rings. The van der Waals surface area contributed by atoms with Gasteiger partial charge in [0.15, 0.2) is 0 Å². The lowest BCUT2D eigenvalue weighted by atomic mass is 9.48. The van der Waals surface area contributed by atoms with Crippen LogP contribution in [0.15, 0.2) is 18.2 Å². The molecule has 17 heavy (non-hydrogen) atoms. The summed E-state index contributed by atoms with van der Waals surface area (Å²) in [6.45, 7) is 2.16. The van der Waals surface area contributed by atoms with Crippen molar-refractivity contribution in [3.05, 3.63) is 33.8 Å². The molecule has 3 fully saturated rings. The van der Waals surface area contributed by atoms with Gasteiger partial charge in [0.1, 0.15) is 0 Å². The lowest BCUT2D eigenvalue weighted by Crippen LogP contribution is -2.65. The van der Waals surface area contributed by atoms with Gasteiger partial charge in [-0.15, -0.1) is 0 Å². The summed E-state index contributed by atoms with van der Waals surface area (Å²) in [4.78, 5) is 0. The van der Waals surface area contributed by atoms with Crippen LogP contribution in [0.5, 0.6) is 0 Å². The predicted octanol–water partition coefficient (Wildman–Crippen LogP) is 2.61. The first-order valence-corrected chi connectivity index (χ1v) is 6.62. The van der Waals surface area contributed by atoms with Crippen molar-refractivity contribution in [3.8, 4) is 0 Å². The van der Waals surface area contributed by atoms with Crippen molar-refractivity contribution in [2.75, 3.05) is 19.7 Å². The Morgan fingerprint density at radius 2 is 1.94 bits per heavy atom. The average Bonchev–Trinajstić information content (AvgIpc) is 2.32. The Labute approximate surface area is 111 Å². The van der Waals surface area contributed by atoms with Crippen LogP contribution in [0, 0.1) is 5.41 Å². The molecule has 1 saturated carbocycles. The molecule has 0 amide bonds. The number of benzene rings is 1. The summed E-state index contributed by atoms with van der Waals surface area (Å²) in [5, 5.41) is 14.1. The van der Waals surface area contributed by atoms with E-state index in [1.54, 1.807) is 0 Å². The Morgan fingerprint density at radius 1 is 1.18 bits per heavy atom. The van der Waals surface area contributed by atoms with Crippen LogP contribution >= 0.6 is 23.2 Å². The van der Waals surface area contributed by atoms with Crippen LogP contribution in [0.3, 0.4) is 0 Å². The SMILES string of the molecule is OCC12CNCC(c3ccc(Cl)c(Cl)c3)(C1)C2. The van der Waals surface area contributed by atoms with E-state index in [1.807, 2.05) is 12.1 Å². The molecular formula is C13H15Cl2NO. The minimum Gasteiger partial charge on any atom is -0.396 e. The van der Waals surface area contributed by atoms with Crippen molar-refractivity contribution in [2.24, 2.45) is 5.41 Å². The van der Waals surface area contributed by atoms with Gasteiger partial charge in [0.2, 0.25) is 0 Å². The van der Waals surface area contributed by atoms with Crippen molar-refractivity contribution in [2.45, 2.75) is 18.3 Å². The molecule has 1 aliphatic carbocycles. The molecule has 1 aromatic carbocycles. The van der Waals surface area contributed by atoms with Crippen molar-refractivity contribution in [3.63, 3.8) is 0 Å². The van der Waals surface area contributed by atoms with E-state index >= 15 is 0 Å². The molecule has 3 aliphatic rings. The summed E-state index contributed by atoms with van der Waals surface area (Å²) in [7, 11) is 0. The number of aliphatic hydroxyl groups is 1. The molecule has 2 heterocycles. The van der Waals surface area contributed by atoms with E-state index < -0.39 is 0 Å². The molecule has 0 radical (unpaired) electrons. The zero-order chi connectivity index (χ0) is 12.1. The molecule has 2 aliphatic heterocycles. The highest BCUT2D eigenvalue weighted by molar-refractivity contribution is 6.42. The van der Waals surface area contributed by atoms with Gasteiger partial charge in [-0.3, -0.25) is 0 Å². The monoisotopic (exact) mass is 271 g/mol. The lowest BCUT2D eigenvalue weighted by Gasteiger charge is -2.60. The lowest BCUT2D eigenvalue weighted by molar-refractivity contribution is -0.0582. The van der Waals surface area contributed by atoms with Crippen LogP contribution < -0.4 is 5.32 Å². The summed E-state index contributed by atoms with van der Waals surface area (Å²) >= 11 is 12.0. The quantitative estimate of drug-likeness (QED) is 0.867. The molecule has 2 nitrogen and oxygen atoms in total. The van der Waals surface area contributed by atoms with Gasteiger partial charge in [0, 0.05) is 30.5 Å². The van der Waals surface area contributed by atoms with E-state index in [2.05, 4.69) is 11.4 Å². The fourth-order valence-corrected chi connectivity index (χ4v) is 3.80. The van der Waals surface area contributed by atoms with Crippen LogP contribution in [-0.4, -0.2) is 24.8 Å². The van der Waals surface area contributed by atoms with Crippen LogP contribution in [0.1, 0.15) is 18.4 Å². The highest BCUT2D eigenvalue weighted by Gasteiger charge is 2.57. The van der Waals surface area contributed by atoms with Crippen LogP contribution in [0.25, 0.3) is 0 Å². The second-order valence-corrected chi connectivity index (χ2v) is 6.34. The first-order chi connectivity index (χ1) is 8.09. The number of halogens is 2. The maximum absolute atomic E-state index is 9.46. The van der Waals surface area contributed by atoms with Gasteiger partial charge in [0.05, 0.1) is 10.0 Å². The van der Waals surface area contributed by atoms with E-state index in [-0.39, 0.29) is 17.4 Å². The number of aliphatic hydroxyl groups excluding tert-OH is 1. The summed E-state index contributed by atoms with van der Waals surface area (Å²) in [5.74, 6) is 0. The van der Waals surface area contributed by atoms with Gasteiger partial charge in [-0.2, -0.15) is 0 Å². The number of nitrogens with one attached hydrogen (secondary N) is 1. The summed E-state index contributed by atoms with van der Waals surface area (Å²) in [6.07, 6.45) is 2.09. The fourth-order valence-electron chi connectivity index (χ4n) is 3.50. The van der Waals surface area contributed by atoms with E-state index in [1.165, 1.54) is 5.56 Å². The number of hydrogen-bond acceptors (Lipinski definition) is 2. The van der Waals surface area contributed by atoms with E-state index in [4.69, 9.17) is 23.2 Å². The predicted molar refractivity (Wildman–Crippen MR) is 69.8 cm³/mol. The highest BCUT2D eigenvalue weighted by Crippen LogP contribution is 2.57. The summed E-state index contributed by atoms with van der Waals surface area (Å²) in [6, 6.07) is 5.89. The van der Waals surface area contributed by atoms with Crippen LogP contribution in [0.2, 0.25) is 10.0 Å². The third kappa shape index (κ3) is 1.70. The highest BCUT2D eigenvalue weighted by atomic mass is 35.5. The smallest absolute Gasteiger partial charge is 0.0595 e. The number of fused-ring (bicyclic) bond motifs is 2. The summed E-state index contributed by atoms with van der Waals surface area (Å²) in [5.41, 5.74) is 1.47. The third-order valence-corrected chi connectivity index (χ3v) is 5.00. The first-order valence-electron chi connectivity index (χ1n) is 5.86. The zero-order valence-electron chi connectivity index (χ0n) is 9.47. The molecular weight excluding hydrogens is 257 g/mol. The van der Waals surface area contributed by atoms with Gasteiger partial charge < -0.3 is 10.4 Å². The molecule has 92 valence electrons. The topological polar surface area (TPSA) is 32.3 Å². The molecule has 2 bridgehead atoms. The standard InChI is InChI=1S/C13H15Cl2NO/c14-10-2-1-9(3-11(10)15)13-4-12(5-13,8-17)6-16-7-13/h1-3,16-17H,4-8H2. The Balaban J connectivity index is 1.92. The molecule has 0 aromatic heterocycles. The largest absolute Gasteiger partial charge is 0.396 e. The minimum atomic E-state index is 0.0877. The van der Waals surface area contributed by atoms with Gasteiger partial charge >= 0.3 is 0 Å². The van der Waals surface area contributed by atoms with Crippen molar-refractivity contribution in [1.29, 1.82) is 0 Å². The molecule has 0 spiro atoms. The minimum absolute atomic E-state index is 0.0877. The second kappa shape index (κ2) is 3.86. The maximum atomic E-state index is 9.46. The van der Waals surface area contributed by atoms with Crippen molar-refractivity contribution >= 4 is 23.2 Å². The molecule has 2 N–H and O–H groups in total. The van der Waals surface area contributed by atoms with E-state index in [0.717, 1.165) is 25.9 Å². The Hall–Kier alpha value is -0.280. The van der Waals surface area contributed by atoms with Crippen LogP contribution in [-0.2, 0) is 5.41 Å². The van der Waals surface area contributed by atoms with Gasteiger partial charge in [-0.25, -0.2) is 0 Å². The maximum Gasteiger partial charge on any atom is 0.0595 e. The Morgan fingerprint density at radius 3 is 2.59 bits per heavy atom. The zero-order valence-corrected chi connectivity index (χ0v) is 11.0.